The van der Waals surface area contributed by atoms with Gasteiger partial charge in [0.25, 0.3) is 0 Å². The van der Waals surface area contributed by atoms with Gasteiger partial charge in [0, 0.05) is 90.8 Å². The number of hydrogen-bond acceptors (Lipinski definition) is 11. The molecule has 10 rings (SSSR count). The van der Waals surface area contributed by atoms with Crippen molar-refractivity contribution < 1.29 is 4.74 Å². The predicted molar refractivity (Wildman–Crippen MR) is 231 cm³/mol. The van der Waals surface area contributed by atoms with E-state index in [1.807, 2.05) is 67.8 Å². The molecule has 9 aromatic rings. The first-order valence-electron chi connectivity index (χ1n) is 19.9. The van der Waals surface area contributed by atoms with E-state index in [4.69, 9.17) is 19.7 Å². The van der Waals surface area contributed by atoms with E-state index in [9.17, 15) is 0 Å². The number of para-hydroxylation sites is 1. The van der Waals surface area contributed by atoms with Crippen LogP contribution in [0.15, 0.2) is 98.1 Å². The van der Waals surface area contributed by atoms with Crippen molar-refractivity contribution in [2.45, 2.75) is 46.2 Å². The van der Waals surface area contributed by atoms with Crippen LogP contribution in [0, 0.1) is 6.92 Å². The molecule has 0 saturated carbocycles. The van der Waals surface area contributed by atoms with Crippen LogP contribution in [0.4, 0.5) is 11.6 Å². The molecule has 0 bridgehead atoms. The molecule has 1 aromatic carbocycles. The van der Waals surface area contributed by atoms with Crippen molar-refractivity contribution in [2.24, 2.45) is 7.05 Å². The summed E-state index contributed by atoms with van der Waals surface area (Å²) in [6.07, 6.45) is 13.8. The van der Waals surface area contributed by atoms with Gasteiger partial charge in [-0.15, -0.1) is 0 Å². The lowest BCUT2D eigenvalue weighted by Gasteiger charge is -2.34. The molecule has 0 radical (unpaired) electrons. The number of imidazole rings is 1. The Labute approximate surface area is 341 Å². The zero-order valence-electron chi connectivity index (χ0n) is 33.8. The zero-order chi connectivity index (χ0) is 40.5. The lowest BCUT2D eigenvalue weighted by Crippen LogP contribution is -2.44. The van der Waals surface area contributed by atoms with E-state index in [0.29, 0.717) is 19.0 Å². The minimum absolute atomic E-state index is 0.252. The standard InChI is InChI=1S/C24H25N7.C20H21N7O/c1-15(2)31-14-28-21-23(26-9-8-17-13-27-20-7-5-4-6-19(17)20)29-22(30-24(21)31)18-10-16(3)11-25-12-18;1-13-12-28-10-9-27(13)18-11-15(17-5-8-23-26(17)2)14-3-6-21-20(19(14)24-18)16-4-7-22-25-16/h4-7,10-15,27H,8-9H2,1-3H3,(H,26,29,30);3-8,11,13H,9-10,12H2,1-2H3,(H,22,25). The van der Waals surface area contributed by atoms with Crippen LogP contribution in [0.1, 0.15) is 37.9 Å². The number of nitrogens with one attached hydrogen (secondary N) is 3. The van der Waals surface area contributed by atoms with Gasteiger partial charge in [0.2, 0.25) is 0 Å². The molecule has 298 valence electrons. The van der Waals surface area contributed by atoms with Crippen molar-refractivity contribution in [2.75, 3.05) is 36.5 Å². The number of hydrogen-bond donors (Lipinski definition) is 3. The molecule has 15 nitrogen and oxygen atoms in total. The first-order chi connectivity index (χ1) is 28.8. The molecule has 1 aliphatic heterocycles. The number of morpholine rings is 1. The monoisotopic (exact) mass is 786 g/mol. The Morgan fingerprint density at radius 1 is 0.949 bits per heavy atom. The van der Waals surface area contributed by atoms with Gasteiger partial charge < -0.3 is 24.5 Å². The lowest BCUT2D eigenvalue weighted by atomic mass is 10.0. The van der Waals surface area contributed by atoms with Crippen LogP contribution in [0.5, 0.6) is 0 Å². The number of pyridine rings is 3. The van der Waals surface area contributed by atoms with Crippen molar-refractivity contribution in [1.29, 1.82) is 0 Å². The maximum absolute atomic E-state index is 5.62. The number of benzene rings is 1. The lowest BCUT2D eigenvalue weighted by molar-refractivity contribution is 0.0986. The molecule has 1 atom stereocenters. The Bertz CT molecular complexity index is 2870. The van der Waals surface area contributed by atoms with Crippen molar-refractivity contribution in [3.63, 3.8) is 0 Å². The van der Waals surface area contributed by atoms with Gasteiger partial charge in [0.15, 0.2) is 17.3 Å². The van der Waals surface area contributed by atoms with Gasteiger partial charge in [-0.25, -0.2) is 19.9 Å². The number of aromatic amines is 2. The van der Waals surface area contributed by atoms with Gasteiger partial charge in [0.1, 0.15) is 22.5 Å². The molecule has 0 amide bonds. The molecule has 8 aromatic heterocycles. The molecule has 1 unspecified atom stereocenters. The molecule has 0 aliphatic carbocycles. The summed E-state index contributed by atoms with van der Waals surface area (Å²) < 4.78 is 9.58. The first-order valence-corrected chi connectivity index (χ1v) is 19.9. The van der Waals surface area contributed by atoms with Crippen LogP contribution in [-0.4, -0.2) is 91.8 Å². The number of anilines is 2. The van der Waals surface area contributed by atoms with Gasteiger partial charge in [-0.1, -0.05) is 18.2 Å². The van der Waals surface area contributed by atoms with E-state index in [0.717, 1.165) is 92.5 Å². The Balaban J connectivity index is 0.000000153. The summed E-state index contributed by atoms with van der Waals surface area (Å²) in [5.74, 6) is 2.33. The second-order valence-corrected chi connectivity index (χ2v) is 15.1. The Morgan fingerprint density at radius 3 is 2.64 bits per heavy atom. The highest BCUT2D eigenvalue weighted by molar-refractivity contribution is 6.01. The molecule has 1 saturated heterocycles. The van der Waals surface area contributed by atoms with Gasteiger partial charge in [-0.05, 0) is 81.6 Å². The number of fused-ring (bicyclic) bond motifs is 3. The minimum atomic E-state index is 0.252. The summed E-state index contributed by atoms with van der Waals surface area (Å²) in [6.45, 7) is 11.4. The quantitative estimate of drug-likeness (QED) is 0.132. The molecular formula is C44H46N14O. The van der Waals surface area contributed by atoms with E-state index in [1.165, 1.54) is 10.9 Å². The van der Waals surface area contributed by atoms with Gasteiger partial charge in [-0.3, -0.25) is 19.7 Å². The van der Waals surface area contributed by atoms with Gasteiger partial charge in [-0.2, -0.15) is 10.2 Å². The fourth-order valence-electron chi connectivity index (χ4n) is 7.67. The van der Waals surface area contributed by atoms with Crippen molar-refractivity contribution in [3.05, 3.63) is 109 Å². The summed E-state index contributed by atoms with van der Waals surface area (Å²) in [4.78, 5) is 33.9. The number of aromatic nitrogens is 12. The summed E-state index contributed by atoms with van der Waals surface area (Å²) in [6, 6.07) is 19.0. The van der Waals surface area contributed by atoms with Crippen LogP contribution < -0.4 is 10.2 Å². The largest absolute Gasteiger partial charge is 0.377 e. The smallest absolute Gasteiger partial charge is 0.166 e. The predicted octanol–water partition coefficient (Wildman–Crippen LogP) is 7.56. The zero-order valence-corrected chi connectivity index (χ0v) is 33.8. The van der Waals surface area contributed by atoms with Gasteiger partial charge in [0.05, 0.1) is 37.0 Å². The average molecular weight is 787 g/mol. The number of H-pyrrole nitrogens is 2. The summed E-state index contributed by atoms with van der Waals surface area (Å²) in [5.41, 5.74) is 10.6. The highest BCUT2D eigenvalue weighted by atomic mass is 16.5. The van der Waals surface area contributed by atoms with E-state index < -0.39 is 0 Å². The third-order valence-electron chi connectivity index (χ3n) is 10.7. The van der Waals surface area contributed by atoms with Crippen molar-refractivity contribution in [1.82, 2.24) is 59.4 Å². The van der Waals surface area contributed by atoms with Crippen LogP contribution in [-0.2, 0) is 18.2 Å². The van der Waals surface area contributed by atoms with E-state index in [2.05, 4.69) is 107 Å². The maximum atomic E-state index is 5.62. The number of ether oxygens (including phenoxy) is 1. The maximum Gasteiger partial charge on any atom is 0.166 e. The summed E-state index contributed by atoms with van der Waals surface area (Å²) in [7, 11) is 1.95. The molecule has 1 aliphatic rings. The van der Waals surface area contributed by atoms with E-state index >= 15 is 0 Å². The van der Waals surface area contributed by atoms with Gasteiger partial charge >= 0.3 is 0 Å². The first kappa shape index (κ1) is 37.6. The number of nitrogens with zero attached hydrogens (tertiary/aromatic N) is 11. The second-order valence-electron chi connectivity index (χ2n) is 15.1. The Hall–Kier alpha value is -7.00. The van der Waals surface area contributed by atoms with Crippen molar-refractivity contribution in [3.8, 4) is 34.0 Å². The topological polar surface area (TPSA) is 169 Å². The Kier molecular flexibility index (Phi) is 10.2. The molecule has 15 heteroatoms. The molecule has 59 heavy (non-hydrogen) atoms. The fourth-order valence-corrected chi connectivity index (χ4v) is 7.67. The third kappa shape index (κ3) is 7.47. The van der Waals surface area contributed by atoms with E-state index in [-0.39, 0.29) is 12.1 Å². The highest BCUT2D eigenvalue weighted by Crippen LogP contribution is 2.35. The highest BCUT2D eigenvalue weighted by Gasteiger charge is 2.24. The van der Waals surface area contributed by atoms with E-state index in [1.54, 1.807) is 12.4 Å². The van der Waals surface area contributed by atoms with Crippen LogP contribution in [0.2, 0.25) is 0 Å². The normalized spacial score (nSPS) is 14.3. The molecular weight excluding hydrogens is 741 g/mol. The summed E-state index contributed by atoms with van der Waals surface area (Å²) >= 11 is 0. The number of aryl methyl sites for hydroxylation is 2. The molecule has 3 N–H and O–H groups in total. The Morgan fingerprint density at radius 2 is 1.85 bits per heavy atom. The molecule has 1 fully saturated rings. The fraction of sp³-hybridized carbons (Fsp3) is 0.273. The molecule has 0 spiro atoms. The average Bonchev–Trinajstić information content (AvgIpc) is 4.09. The van der Waals surface area contributed by atoms with Crippen LogP contribution in [0.3, 0.4) is 0 Å². The van der Waals surface area contributed by atoms with Crippen LogP contribution in [0.25, 0.3) is 67.0 Å². The SMILES string of the molecule is CC1COCCN1c1cc(-c2ccnn2C)c2ccnc(-c3ccn[nH]3)c2n1.Cc1cncc(-c2nc(NCCc3c[nH]c4ccccc34)c3ncn(C(C)C)c3n2)c1. The second kappa shape index (κ2) is 16.1. The third-order valence-corrected chi connectivity index (χ3v) is 10.7. The van der Waals surface area contributed by atoms with Crippen LogP contribution >= 0.6 is 0 Å². The van der Waals surface area contributed by atoms with Crippen molar-refractivity contribution >= 4 is 44.6 Å². The number of rotatable bonds is 9. The summed E-state index contributed by atoms with van der Waals surface area (Å²) in [5, 5.41) is 17.3. The minimum Gasteiger partial charge on any atom is -0.377 e. The molecule has 9 heterocycles.